The molecule has 2 heterocycles. The van der Waals surface area contributed by atoms with E-state index in [0.717, 1.165) is 12.1 Å². The molecule has 33 heavy (non-hydrogen) atoms. The lowest BCUT2D eigenvalue weighted by Gasteiger charge is -2.13. The van der Waals surface area contributed by atoms with Gasteiger partial charge in [0, 0.05) is 18.1 Å². The van der Waals surface area contributed by atoms with E-state index < -0.39 is 17.6 Å². The largest absolute Gasteiger partial charge is 0.416 e. The van der Waals surface area contributed by atoms with Crippen LogP contribution in [0.25, 0.3) is 10.9 Å². The molecule has 2 aromatic carbocycles. The third-order valence-corrected chi connectivity index (χ3v) is 4.78. The number of anilines is 1. The molecule has 0 unspecified atom stereocenters. The van der Waals surface area contributed by atoms with Crippen LogP contribution in [0.4, 0.5) is 19.0 Å². The Bertz CT molecular complexity index is 1290. The Kier molecular flexibility index (Phi) is 6.16. The maximum absolute atomic E-state index is 13.0. The van der Waals surface area contributed by atoms with E-state index >= 15 is 0 Å². The first-order valence-corrected chi connectivity index (χ1v) is 10.0. The molecule has 7 nitrogen and oxygen atoms in total. The van der Waals surface area contributed by atoms with Gasteiger partial charge in [0.2, 0.25) is 0 Å². The molecule has 4 rings (SSSR count). The molecule has 1 amide bonds. The van der Waals surface area contributed by atoms with Gasteiger partial charge in [0.1, 0.15) is 11.5 Å². The molecular formula is C23H19F3N6O. The second kappa shape index (κ2) is 9.19. The van der Waals surface area contributed by atoms with E-state index in [-0.39, 0.29) is 18.8 Å². The molecule has 2 N–H and O–H groups in total. The van der Waals surface area contributed by atoms with Crippen molar-refractivity contribution in [3.8, 4) is 0 Å². The monoisotopic (exact) mass is 452 g/mol. The number of amides is 1. The molecule has 0 saturated carbocycles. The van der Waals surface area contributed by atoms with E-state index in [2.05, 4.69) is 30.6 Å². The number of fused-ring (bicyclic) bond motifs is 1. The fourth-order valence-corrected chi connectivity index (χ4v) is 3.14. The smallest absolute Gasteiger partial charge is 0.365 e. The molecule has 0 aliphatic heterocycles. The molecule has 168 valence electrons. The van der Waals surface area contributed by atoms with Gasteiger partial charge in [-0.15, -0.1) is 0 Å². The predicted octanol–water partition coefficient (Wildman–Crippen LogP) is 4.29. The Morgan fingerprint density at radius 1 is 0.970 bits per heavy atom. The van der Waals surface area contributed by atoms with Crippen LogP contribution in [-0.4, -0.2) is 25.8 Å². The van der Waals surface area contributed by atoms with E-state index in [1.165, 1.54) is 18.5 Å². The molecule has 0 spiro atoms. The van der Waals surface area contributed by atoms with Gasteiger partial charge in [-0.1, -0.05) is 24.3 Å². The van der Waals surface area contributed by atoms with Gasteiger partial charge < -0.3 is 10.6 Å². The summed E-state index contributed by atoms with van der Waals surface area (Å²) in [6.45, 7) is 1.94. The number of nitrogens with one attached hydrogen (secondary N) is 2. The van der Waals surface area contributed by atoms with E-state index in [1.807, 2.05) is 18.2 Å². The summed E-state index contributed by atoms with van der Waals surface area (Å²) in [4.78, 5) is 29.4. The standard InChI is InChI=1S/C23H19F3N6O/c1-14-10-28-19(12-27-14)22(33)30-13-20-31-18-8-3-2-7-17(18)21(32-20)29-11-15-5-4-6-16(9-15)23(24,25)26/h2-10,12H,11,13H2,1H3,(H,30,33)(H,29,31,32). The molecule has 2 aromatic heterocycles. The summed E-state index contributed by atoms with van der Waals surface area (Å²) in [5.41, 5.74) is 1.25. The molecule has 0 bridgehead atoms. The Morgan fingerprint density at radius 3 is 2.55 bits per heavy atom. The number of hydrogen-bond acceptors (Lipinski definition) is 6. The van der Waals surface area contributed by atoms with Crippen LogP contribution in [0.5, 0.6) is 0 Å². The average molecular weight is 452 g/mol. The number of rotatable bonds is 6. The van der Waals surface area contributed by atoms with Crippen LogP contribution in [0.2, 0.25) is 0 Å². The van der Waals surface area contributed by atoms with Crippen molar-refractivity contribution in [3.63, 3.8) is 0 Å². The molecule has 0 saturated heterocycles. The second-order valence-corrected chi connectivity index (χ2v) is 7.28. The predicted molar refractivity (Wildman–Crippen MR) is 116 cm³/mol. The van der Waals surface area contributed by atoms with Crippen molar-refractivity contribution in [2.75, 3.05) is 5.32 Å². The number of benzene rings is 2. The number of nitrogens with zero attached hydrogens (tertiary/aromatic N) is 4. The van der Waals surface area contributed by atoms with E-state index in [4.69, 9.17) is 0 Å². The Morgan fingerprint density at radius 2 is 1.79 bits per heavy atom. The number of halogens is 3. The number of carbonyl (C=O) groups excluding carboxylic acids is 1. The topological polar surface area (TPSA) is 92.7 Å². The quantitative estimate of drug-likeness (QED) is 0.454. The molecule has 0 aliphatic rings. The van der Waals surface area contributed by atoms with Gasteiger partial charge in [0.25, 0.3) is 5.91 Å². The first-order chi connectivity index (χ1) is 15.8. The van der Waals surface area contributed by atoms with Crippen molar-refractivity contribution >= 4 is 22.6 Å². The number of para-hydroxylation sites is 1. The normalized spacial score (nSPS) is 11.4. The van der Waals surface area contributed by atoms with Gasteiger partial charge >= 0.3 is 6.18 Å². The lowest BCUT2D eigenvalue weighted by atomic mass is 10.1. The van der Waals surface area contributed by atoms with Crippen molar-refractivity contribution in [2.24, 2.45) is 0 Å². The summed E-state index contributed by atoms with van der Waals surface area (Å²) < 4.78 is 39.0. The van der Waals surface area contributed by atoms with Crippen LogP contribution < -0.4 is 10.6 Å². The maximum atomic E-state index is 13.0. The van der Waals surface area contributed by atoms with Crippen molar-refractivity contribution in [1.29, 1.82) is 0 Å². The number of carbonyl (C=O) groups is 1. The Balaban J connectivity index is 1.53. The van der Waals surface area contributed by atoms with Crippen LogP contribution in [0.3, 0.4) is 0 Å². The zero-order chi connectivity index (χ0) is 23.4. The first kappa shape index (κ1) is 22.1. The average Bonchev–Trinajstić information content (AvgIpc) is 2.81. The Labute approximate surface area is 187 Å². The van der Waals surface area contributed by atoms with Crippen molar-refractivity contribution in [3.05, 3.63) is 89.3 Å². The van der Waals surface area contributed by atoms with Gasteiger partial charge in [0.05, 0.1) is 29.5 Å². The van der Waals surface area contributed by atoms with Crippen LogP contribution >= 0.6 is 0 Å². The third-order valence-electron chi connectivity index (χ3n) is 4.78. The van der Waals surface area contributed by atoms with Gasteiger partial charge in [-0.2, -0.15) is 13.2 Å². The maximum Gasteiger partial charge on any atom is 0.416 e. The van der Waals surface area contributed by atoms with Gasteiger partial charge in [-0.25, -0.2) is 15.0 Å². The number of hydrogen-bond donors (Lipinski definition) is 2. The summed E-state index contributed by atoms with van der Waals surface area (Å²) in [5.74, 6) is 0.379. The minimum Gasteiger partial charge on any atom is -0.365 e. The van der Waals surface area contributed by atoms with Crippen LogP contribution in [0.15, 0.2) is 60.9 Å². The van der Waals surface area contributed by atoms with Crippen LogP contribution in [0, 0.1) is 6.92 Å². The second-order valence-electron chi connectivity index (χ2n) is 7.28. The van der Waals surface area contributed by atoms with Crippen LogP contribution in [0.1, 0.15) is 33.1 Å². The molecule has 0 radical (unpaired) electrons. The molecule has 10 heteroatoms. The van der Waals surface area contributed by atoms with E-state index in [1.54, 1.807) is 19.1 Å². The SMILES string of the molecule is Cc1cnc(C(=O)NCc2nc(NCc3cccc(C(F)(F)F)c3)c3ccccc3n2)cn1. The summed E-state index contributed by atoms with van der Waals surface area (Å²) in [6, 6.07) is 12.3. The summed E-state index contributed by atoms with van der Waals surface area (Å²) in [7, 11) is 0. The number of aryl methyl sites for hydroxylation is 1. The minimum absolute atomic E-state index is 0.0391. The number of alkyl halides is 3. The number of aromatic nitrogens is 4. The molecule has 0 atom stereocenters. The highest BCUT2D eigenvalue weighted by molar-refractivity contribution is 5.92. The van der Waals surface area contributed by atoms with E-state index in [0.29, 0.717) is 33.8 Å². The van der Waals surface area contributed by atoms with Gasteiger partial charge in [-0.05, 0) is 36.8 Å². The zero-order valence-electron chi connectivity index (χ0n) is 17.5. The lowest BCUT2D eigenvalue weighted by molar-refractivity contribution is -0.137. The molecule has 0 fully saturated rings. The third kappa shape index (κ3) is 5.40. The molecule has 4 aromatic rings. The van der Waals surface area contributed by atoms with Gasteiger partial charge in [-0.3, -0.25) is 9.78 Å². The highest BCUT2D eigenvalue weighted by atomic mass is 19.4. The van der Waals surface area contributed by atoms with E-state index in [9.17, 15) is 18.0 Å². The molecular weight excluding hydrogens is 433 g/mol. The highest BCUT2D eigenvalue weighted by Crippen LogP contribution is 2.30. The summed E-state index contributed by atoms with van der Waals surface area (Å²) in [5, 5.41) is 6.51. The lowest BCUT2D eigenvalue weighted by Crippen LogP contribution is -2.25. The van der Waals surface area contributed by atoms with Crippen molar-refractivity contribution < 1.29 is 18.0 Å². The molecule has 0 aliphatic carbocycles. The fourth-order valence-electron chi connectivity index (χ4n) is 3.14. The van der Waals surface area contributed by atoms with Crippen molar-refractivity contribution in [1.82, 2.24) is 25.3 Å². The first-order valence-electron chi connectivity index (χ1n) is 10.0. The summed E-state index contributed by atoms with van der Waals surface area (Å²) in [6.07, 6.45) is -1.53. The van der Waals surface area contributed by atoms with Crippen LogP contribution in [-0.2, 0) is 19.3 Å². The summed E-state index contributed by atoms with van der Waals surface area (Å²) >= 11 is 0. The Hall–Kier alpha value is -4.08. The highest BCUT2D eigenvalue weighted by Gasteiger charge is 2.30. The minimum atomic E-state index is -4.41. The van der Waals surface area contributed by atoms with Crippen molar-refractivity contribution in [2.45, 2.75) is 26.2 Å². The van der Waals surface area contributed by atoms with Gasteiger partial charge in [0.15, 0.2) is 5.82 Å². The zero-order valence-corrected chi connectivity index (χ0v) is 17.5. The fraction of sp³-hybridized carbons (Fsp3) is 0.174.